The Balaban J connectivity index is 1.14. The Bertz CT molecular complexity index is 1580. The van der Waals surface area contributed by atoms with Crippen molar-refractivity contribution >= 4 is 34.9 Å². The molecule has 3 amide bonds. The number of amidine groups is 1. The van der Waals surface area contributed by atoms with Gasteiger partial charge in [-0.1, -0.05) is 36.4 Å². The number of aryl methyl sites for hydroxylation is 4. The molecule has 4 aliphatic carbocycles. The van der Waals surface area contributed by atoms with E-state index < -0.39 is 11.8 Å². The molecule has 0 saturated carbocycles. The summed E-state index contributed by atoms with van der Waals surface area (Å²) in [5, 5.41) is 15.2. The molecule has 3 heterocycles. The third-order valence-corrected chi connectivity index (χ3v) is 9.79. The van der Waals surface area contributed by atoms with Gasteiger partial charge in [-0.05, 0) is 67.0 Å². The Morgan fingerprint density at radius 1 is 1.02 bits per heavy atom. The summed E-state index contributed by atoms with van der Waals surface area (Å²) in [5.74, 6) is -2.11. The van der Waals surface area contributed by atoms with E-state index in [0.29, 0.717) is 30.8 Å². The standard InChI is InChI=1S/C33H37N5O5S/c1-20(28-15-25(18-44-28)30(34)35)37-32(41)27-16-33(42-12-13-43-33)19-38(27)29(39)17-36-31(40)26-14-23-7-6-21-2-4-22(5-3-21)8-10-24(26)11-9-23/h2-5,9,11,14-15,18,20,27H,6-8,10,12-13,16-17,19H2,1H3,(H3,34,35)(H,36,40)(H,37,41)/t20-,27+/m1/s1. The predicted octanol–water partition coefficient (Wildman–Crippen LogP) is 2.87. The molecule has 230 valence electrons. The van der Waals surface area contributed by atoms with Crippen LogP contribution in [0.25, 0.3) is 0 Å². The number of thiophene rings is 1. The largest absolute Gasteiger partial charge is 0.384 e. The first-order valence-electron chi connectivity index (χ1n) is 15.0. The normalized spacial score (nSPS) is 19.4. The van der Waals surface area contributed by atoms with Crippen LogP contribution in [0.3, 0.4) is 0 Å². The number of benzene rings is 2. The number of carbonyl (C=O) groups excluding carboxylic acids is 3. The molecule has 9 rings (SSSR count). The first-order valence-corrected chi connectivity index (χ1v) is 15.9. The summed E-state index contributed by atoms with van der Waals surface area (Å²) in [7, 11) is 0. The first kappa shape index (κ1) is 30.0. The molecule has 2 fully saturated rings. The van der Waals surface area contributed by atoms with Crippen molar-refractivity contribution in [3.05, 3.63) is 92.2 Å². The van der Waals surface area contributed by atoms with Crippen LogP contribution in [0.15, 0.2) is 53.9 Å². The van der Waals surface area contributed by atoms with Crippen LogP contribution in [0.2, 0.25) is 0 Å². The number of amides is 3. The lowest BCUT2D eigenvalue weighted by Crippen LogP contribution is -2.49. The summed E-state index contributed by atoms with van der Waals surface area (Å²) in [4.78, 5) is 42.9. The smallest absolute Gasteiger partial charge is 0.252 e. The summed E-state index contributed by atoms with van der Waals surface area (Å²) in [5.41, 5.74) is 11.3. The average Bonchev–Trinajstić information content (AvgIpc) is 3.78. The number of rotatable bonds is 7. The van der Waals surface area contributed by atoms with E-state index in [-0.39, 0.29) is 49.1 Å². The summed E-state index contributed by atoms with van der Waals surface area (Å²) < 4.78 is 11.7. The fourth-order valence-electron chi connectivity index (χ4n) is 6.14. The molecule has 6 aliphatic rings. The molecule has 1 spiro atoms. The van der Waals surface area contributed by atoms with Crippen LogP contribution < -0.4 is 16.4 Å². The topological polar surface area (TPSA) is 147 Å². The van der Waals surface area contributed by atoms with E-state index in [1.54, 1.807) is 11.4 Å². The lowest BCUT2D eigenvalue weighted by Gasteiger charge is -2.25. The minimum Gasteiger partial charge on any atom is -0.384 e. The van der Waals surface area contributed by atoms with E-state index in [0.717, 1.165) is 35.3 Å². The van der Waals surface area contributed by atoms with Gasteiger partial charge in [-0.15, -0.1) is 11.3 Å². The molecule has 2 saturated heterocycles. The number of carbonyl (C=O) groups is 3. The number of nitrogens with one attached hydrogen (secondary N) is 3. The van der Waals surface area contributed by atoms with Crippen LogP contribution in [0.5, 0.6) is 0 Å². The molecule has 44 heavy (non-hydrogen) atoms. The predicted molar refractivity (Wildman–Crippen MR) is 167 cm³/mol. The summed E-state index contributed by atoms with van der Waals surface area (Å²) in [6.45, 7) is 2.45. The van der Waals surface area contributed by atoms with Crippen LogP contribution >= 0.6 is 11.3 Å². The maximum Gasteiger partial charge on any atom is 0.252 e. The molecular formula is C33H37N5O5S. The van der Waals surface area contributed by atoms with E-state index in [1.807, 2.05) is 19.1 Å². The molecule has 1 aromatic heterocycles. The first-order chi connectivity index (χ1) is 21.2. The zero-order chi connectivity index (χ0) is 30.8. The van der Waals surface area contributed by atoms with Crippen LogP contribution in [-0.4, -0.2) is 66.6 Å². The Kier molecular flexibility index (Phi) is 8.53. The number of nitrogens with two attached hydrogens (primary N) is 1. The number of hydrogen-bond acceptors (Lipinski definition) is 7. The number of ether oxygens (including phenoxy) is 2. The van der Waals surface area contributed by atoms with Gasteiger partial charge in [0.2, 0.25) is 11.8 Å². The highest BCUT2D eigenvalue weighted by molar-refractivity contribution is 7.10. The molecule has 10 nitrogen and oxygen atoms in total. The summed E-state index contributed by atoms with van der Waals surface area (Å²) in [6.07, 6.45) is 3.41. The SMILES string of the molecule is C[C@@H](NC(=O)[C@@H]1CC2(CN1C(=O)CNC(=O)c1cc3ccc1CCc1ccc(cc1)CC3)OCCO2)c1cc(C(=N)N)cs1. The minimum absolute atomic E-state index is 0.0367. The van der Waals surface area contributed by atoms with E-state index in [4.69, 9.17) is 20.6 Å². The van der Waals surface area contributed by atoms with Crippen LogP contribution in [0.1, 0.15) is 62.4 Å². The number of nitrogen functional groups attached to an aromatic ring is 1. The Hall–Kier alpha value is -4.06. The Morgan fingerprint density at radius 2 is 1.68 bits per heavy atom. The van der Waals surface area contributed by atoms with Crippen molar-refractivity contribution in [1.82, 2.24) is 15.5 Å². The van der Waals surface area contributed by atoms with Gasteiger partial charge in [0.15, 0.2) is 5.79 Å². The highest BCUT2D eigenvalue weighted by Gasteiger charge is 2.52. The quantitative estimate of drug-likeness (QED) is 0.238. The van der Waals surface area contributed by atoms with Crippen LogP contribution in [0.4, 0.5) is 0 Å². The highest BCUT2D eigenvalue weighted by Crippen LogP contribution is 2.35. The van der Waals surface area contributed by atoms with Gasteiger partial charge >= 0.3 is 0 Å². The highest BCUT2D eigenvalue weighted by atomic mass is 32.1. The van der Waals surface area contributed by atoms with Crippen molar-refractivity contribution in [2.75, 3.05) is 26.3 Å². The second-order valence-corrected chi connectivity index (χ2v) is 12.7. The number of likely N-dealkylation sites (tertiary alicyclic amines) is 1. The van der Waals surface area contributed by atoms with Gasteiger partial charge in [-0.2, -0.15) is 0 Å². The van der Waals surface area contributed by atoms with E-state index in [2.05, 4.69) is 41.0 Å². The maximum atomic E-state index is 13.6. The van der Waals surface area contributed by atoms with Gasteiger partial charge in [0.25, 0.3) is 5.91 Å². The number of hydrogen-bond donors (Lipinski definition) is 4. The van der Waals surface area contributed by atoms with Crippen molar-refractivity contribution in [3.63, 3.8) is 0 Å². The zero-order valence-electron chi connectivity index (χ0n) is 24.7. The van der Waals surface area contributed by atoms with Gasteiger partial charge in [0, 0.05) is 27.8 Å². The van der Waals surface area contributed by atoms with Gasteiger partial charge in [0.1, 0.15) is 11.9 Å². The van der Waals surface area contributed by atoms with Crippen molar-refractivity contribution in [1.29, 1.82) is 5.41 Å². The molecule has 2 aliphatic heterocycles. The van der Waals surface area contributed by atoms with Gasteiger partial charge in [0.05, 0.1) is 32.3 Å². The van der Waals surface area contributed by atoms with E-state index >= 15 is 0 Å². The average molecular weight is 616 g/mol. The van der Waals surface area contributed by atoms with E-state index in [9.17, 15) is 14.4 Å². The van der Waals surface area contributed by atoms with Crippen molar-refractivity contribution in [2.45, 2.75) is 56.9 Å². The van der Waals surface area contributed by atoms with E-state index in [1.165, 1.54) is 27.4 Å². The van der Waals surface area contributed by atoms with Gasteiger partial charge in [-0.25, -0.2) is 0 Å². The molecule has 0 unspecified atom stereocenters. The molecule has 2 atom stereocenters. The summed E-state index contributed by atoms with van der Waals surface area (Å²) in [6, 6.07) is 15.3. The zero-order valence-corrected chi connectivity index (χ0v) is 25.5. The summed E-state index contributed by atoms with van der Waals surface area (Å²) >= 11 is 1.40. The van der Waals surface area contributed by atoms with Gasteiger partial charge < -0.3 is 30.7 Å². The molecule has 2 aromatic carbocycles. The fraction of sp³-hybridized carbons (Fsp3) is 0.394. The molecule has 0 radical (unpaired) electrons. The third kappa shape index (κ3) is 6.40. The van der Waals surface area contributed by atoms with Crippen molar-refractivity contribution in [3.8, 4) is 0 Å². The molecule has 4 bridgehead atoms. The van der Waals surface area contributed by atoms with Crippen LogP contribution in [-0.2, 0) is 44.7 Å². The molecule has 5 N–H and O–H groups in total. The molecule has 11 heteroatoms. The Labute approximate surface area is 260 Å². The lowest BCUT2D eigenvalue weighted by atomic mass is 9.93. The third-order valence-electron chi connectivity index (χ3n) is 8.67. The second-order valence-electron chi connectivity index (χ2n) is 11.7. The minimum atomic E-state index is -1.04. The number of nitrogens with zero attached hydrogens (tertiary/aromatic N) is 1. The van der Waals surface area contributed by atoms with Crippen LogP contribution in [0, 0.1) is 5.41 Å². The molecule has 3 aromatic rings. The second kappa shape index (κ2) is 12.5. The maximum absolute atomic E-state index is 13.6. The van der Waals surface area contributed by atoms with Gasteiger partial charge in [-0.3, -0.25) is 19.8 Å². The van der Waals surface area contributed by atoms with Crippen molar-refractivity contribution in [2.24, 2.45) is 5.73 Å². The van der Waals surface area contributed by atoms with Crippen molar-refractivity contribution < 1.29 is 23.9 Å². The molecular weight excluding hydrogens is 578 g/mol. The monoisotopic (exact) mass is 615 g/mol. The lowest BCUT2D eigenvalue weighted by molar-refractivity contribution is -0.152. The Morgan fingerprint density at radius 3 is 2.36 bits per heavy atom. The fourth-order valence-corrected chi connectivity index (χ4v) is 7.06.